The molecule has 0 aliphatic rings. The number of rotatable bonds is 5. The third kappa shape index (κ3) is 3.15. The van der Waals surface area contributed by atoms with Crippen LogP contribution in [0.4, 0.5) is 5.69 Å². The van der Waals surface area contributed by atoms with Crippen LogP contribution in [0.15, 0.2) is 25.0 Å². The molecule has 2 aromatic heterocycles. The van der Waals surface area contributed by atoms with E-state index in [0.717, 1.165) is 0 Å². The summed E-state index contributed by atoms with van der Waals surface area (Å²) >= 11 is 0. The van der Waals surface area contributed by atoms with E-state index in [1.165, 1.54) is 34.4 Å². The number of carboxylic acid groups (broad SMARTS) is 1. The molecule has 0 spiro atoms. The molecule has 0 saturated carbocycles. The van der Waals surface area contributed by atoms with Crippen LogP contribution in [0.2, 0.25) is 0 Å². The van der Waals surface area contributed by atoms with Crippen molar-refractivity contribution in [3.63, 3.8) is 0 Å². The summed E-state index contributed by atoms with van der Waals surface area (Å²) in [5.41, 5.74) is 0.429. The van der Waals surface area contributed by atoms with Gasteiger partial charge in [-0.05, 0) is 6.92 Å². The Balaban J connectivity index is 1.99. The fourth-order valence-corrected chi connectivity index (χ4v) is 1.44. The molecule has 0 fully saturated rings. The van der Waals surface area contributed by atoms with Crippen molar-refractivity contribution in [1.29, 1.82) is 0 Å². The number of aromatic nitrogens is 5. The van der Waals surface area contributed by atoms with Gasteiger partial charge < -0.3 is 10.4 Å². The van der Waals surface area contributed by atoms with Crippen LogP contribution in [0, 0.1) is 0 Å². The molecular formula is C10H12N6O3. The van der Waals surface area contributed by atoms with Crippen LogP contribution in [-0.2, 0) is 16.1 Å². The molecule has 1 amide bonds. The van der Waals surface area contributed by atoms with Crippen molar-refractivity contribution in [2.45, 2.75) is 19.5 Å². The molecule has 0 aliphatic carbocycles. The van der Waals surface area contributed by atoms with Gasteiger partial charge in [-0.15, -0.1) is 0 Å². The van der Waals surface area contributed by atoms with Crippen molar-refractivity contribution in [3.8, 4) is 0 Å². The zero-order valence-electron chi connectivity index (χ0n) is 10.1. The summed E-state index contributed by atoms with van der Waals surface area (Å²) in [5.74, 6) is -1.29. The Hall–Kier alpha value is -2.71. The highest BCUT2D eigenvalue weighted by molar-refractivity contribution is 5.93. The van der Waals surface area contributed by atoms with Crippen LogP contribution in [-0.4, -0.2) is 41.5 Å². The second kappa shape index (κ2) is 5.29. The molecule has 100 valence electrons. The summed E-state index contributed by atoms with van der Waals surface area (Å²) < 4.78 is 2.63. The van der Waals surface area contributed by atoms with Gasteiger partial charge in [0.15, 0.2) is 0 Å². The molecule has 2 N–H and O–H groups in total. The van der Waals surface area contributed by atoms with Crippen molar-refractivity contribution in [2.75, 3.05) is 5.32 Å². The summed E-state index contributed by atoms with van der Waals surface area (Å²) in [6.45, 7) is 1.42. The van der Waals surface area contributed by atoms with E-state index in [-0.39, 0.29) is 12.5 Å². The summed E-state index contributed by atoms with van der Waals surface area (Å²) in [6.07, 6.45) is 5.61. The van der Waals surface area contributed by atoms with Gasteiger partial charge in [-0.3, -0.25) is 14.3 Å². The first-order valence-electron chi connectivity index (χ1n) is 5.45. The molecule has 0 radical (unpaired) electrons. The van der Waals surface area contributed by atoms with Gasteiger partial charge in [0.05, 0.1) is 11.9 Å². The molecule has 9 nitrogen and oxygen atoms in total. The maximum absolute atomic E-state index is 11.9. The van der Waals surface area contributed by atoms with Gasteiger partial charge in [0.2, 0.25) is 5.91 Å². The minimum Gasteiger partial charge on any atom is -0.480 e. The quantitative estimate of drug-likeness (QED) is 0.770. The average Bonchev–Trinajstić information content (AvgIpc) is 2.98. The smallest absolute Gasteiger partial charge is 0.325 e. The number of amides is 1. The predicted octanol–water partition coefficient (Wildman–Crippen LogP) is -0.241. The fraction of sp³-hybridized carbons (Fsp3) is 0.300. The van der Waals surface area contributed by atoms with Gasteiger partial charge >= 0.3 is 5.97 Å². The largest absolute Gasteiger partial charge is 0.480 e. The maximum atomic E-state index is 11.9. The maximum Gasteiger partial charge on any atom is 0.325 e. The first kappa shape index (κ1) is 12.7. The number of carbonyl (C=O) groups excluding carboxylic acids is 1. The summed E-state index contributed by atoms with van der Waals surface area (Å²) in [6, 6.07) is -0.523. The van der Waals surface area contributed by atoms with Gasteiger partial charge in [-0.2, -0.15) is 10.2 Å². The molecule has 2 heterocycles. The van der Waals surface area contributed by atoms with Crippen molar-refractivity contribution < 1.29 is 14.7 Å². The lowest BCUT2D eigenvalue weighted by atomic mass is 10.3. The monoisotopic (exact) mass is 264 g/mol. The standard InChI is InChI=1S/C10H12N6O3/c1-7(16-6-11-5-13-16)10(19)14-8-2-12-15(3-8)4-9(17)18/h2-3,5-7H,4H2,1H3,(H,14,19)(H,17,18). The van der Waals surface area contributed by atoms with E-state index in [1.807, 2.05) is 0 Å². The van der Waals surface area contributed by atoms with Gasteiger partial charge in [0.1, 0.15) is 25.2 Å². The molecule has 1 atom stereocenters. The lowest BCUT2D eigenvalue weighted by molar-refractivity contribution is -0.137. The van der Waals surface area contributed by atoms with Crippen LogP contribution in [0.3, 0.4) is 0 Å². The molecule has 2 rings (SSSR count). The van der Waals surface area contributed by atoms with E-state index in [1.54, 1.807) is 6.92 Å². The number of hydrogen-bond acceptors (Lipinski definition) is 5. The first-order chi connectivity index (χ1) is 9.06. The third-order valence-corrected chi connectivity index (χ3v) is 2.41. The first-order valence-corrected chi connectivity index (χ1v) is 5.45. The van der Waals surface area contributed by atoms with E-state index >= 15 is 0 Å². The summed E-state index contributed by atoms with van der Waals surface area (Å²) in [5, 5.41) is 18.9. The average molecular weight is 264 g/mol. The van der Waals surface area contributed by atoms with Crippen molar-refractivity contribution in [2.24, 2.45) is 0 Å². The van der Waals surface area contributed by atoms with Crippen LogP contribution >= 0.6 is 0 Å². The number of hydrogen-bond donors (Lipinski definition) is 2. The van der Waals surface area contributed by atoms with Crippen LogP contribution in [0.5, 0.6) is 0 Å². The zero-order valence-corrected chi connectivity index (χ0v) is 10.1. The lowest BCUT2D eigenvalue weighted by Crippen LogP contribution is -2.23. The third-order valence-electron chi connectivity index (χ3n) is 2.41. The Morgan fingerprint density at radius 3 is 2.89 bits per heavy atom. The second-order valence-electron chi connectivity index (χ2n) is 3.86. The lowest BCUT2D eigenvalue weighted by Gasteiger charge is -2.10. The number of anilines is 1. The molecule has 0 bridgehead atoms. The van der Waals surface area contributed by atoms with E-state index in [4.69, 9.17) is 5.11 Å². The predicted molar refractivity (Wildman–Crippen MR) is 63.2 cm³/mol. The number of carbonyl (C=O) groups is 2. The van der Waals surface area contributed by atoms with E-state index in [2.05, 4.69) is 20.5 Å². The normalized spacial score (nSPS) is 12.1. The number of nitrogens with one attached hydrogen (secondary N) is 1. The molecule has 1 unspecified atom stereocenters. The van der Waals surface area contributed by atoms with Gasteiger partial charge in [-0.25, -0.2) is 9.67 Å². The van der Waals surface area contributed by atoms with Gasteiger partial charge in [0.25, 0.3) is 0 Å². The Labute approximate surface area is 107 Å². The fourth-order valence-electron chi connectivity index (χ4n) is 1.44. The molecule has 0 aliphatic heterocycles. The van der Waals surface area contributed by atoms with Crippen LogP contribution in [0.1, 0.15) is 13.0 Å². The van der Waals surface area contributed by atoms with E-state index in [0.29, 0.717) is 5.69 Å². The van der Waals surface area contributed by atoms with E-state index < -0.39 is 12.0 Å². The molecule has 9 heteroatoms. The SMILES string of the molecule is CC(C(=O)Nc1cnn(CC(=O)O)c1)n1cncn1. The minimum atomic E-state index is -1.00. The zero-order chi connectivity index (χ0) is 13.8. The number of carboxylic acids is 1. The molecule has 0 saturated heterocycles. The Morgan fingerprint density at radius 2 is 2.26 bits per heavy atom. The van der Waals surface area contributed by atoms with Gasteiger partial charge in [0, 0.05) is 6.20 Å². The Kier molecular flexibility index (Phi) is 3.55. The molecule has 0 aromatic carbocycles. The minimum absolute atomic E-state index is 0.255. The Bertz CT molecular complexity index is 576. The molecular weight excluding hydrogens is 252 g/mol. The molecule has 19 heavy (non-hydrogen) atoms. The topological polar surface area (TPSA) is 115 Å². The highest BCUT2D eigenvalue weighted by Crippen LogP contribution is 2.09. The summed E-state index contributed by atoms with van der Waals surface area (Å²) in [4.78, 5) is 26.1. The highest BCUT2D eigenvalue weighted by atomic mass is 16.4. The number of aliphatic carboxylic acids is 1. The summed E-state index contributed by atoms with van der Waals surface area (Å²) in [7, 11) is 0. The van der Waals surface area contributed by atoms with Crippen molar-refractivity contribution in [1.82, 2.24) is 24.5 Å². The Morgan fingerprint density at radius 1 is 1.47 bits per heavy atom. The highest BCUT2D eigenvalue weighted by Gasteiger charge is 2.16. The van der Waals surface area contributed by atoms with Crippen LogP contribution < -0.4 is 5.32 Å². The van der Waals surface area contributed by atoms with Crippen molar-refractivity contribution in [3.05, 3.63) is 25.0 Å². The van der Waals surface area contributed by atoms with Crippen molar-refractivity contribution >= 4 is 17.6 Å². The van der Waals surface area contributed by atoms with Gasteiger partial charge in [-0.1, -0.05) is 0 Å². The number of nitrogens with zero attached hydrogens (tertiary/aromatic N) is 5. The second-order valence-corrected chi connectivity index (χ2v) is 3.86. The van der Waals surface area contributed by atoms with E-state index in [9.17, 15) is 9.59 Å². The molecule has 2 aromatic rings. The van der Waals surface area contributed by atoms with Crippen LogP contribution in [0.25, 0.3) is 0 Å².